The lowest BCUT2D eigenvalue weighted by Crippen LogP contribution is -2.30. The molecule has 0 amide bonds. The van der Waals surface area contributed by atoms with Gasteiger partial charge in [0.05, 0.1) is 18.1 Å². The van der Waals surface area contributed by atoms with Crippen LogP contribution in [0.1, 0.15) is 19.3 Å². The van der Waals surface area contributed by atoms with Crippen LogP contribution >= 0.6 is 0 Å². The highest BCUT2D eigenvalue weighted by atomic mass is 16.5. The number of piperidine rings is 1. The van der Waals surface area contributed by atoms with Crippen molar-refractivity contribution in [3.63, 3.8) is 0 Å². The molecule has 1 saturated heterocycles. The Hall–Kier alpha value is -1.84. The minimum Gasteiger partial charge on any atom is -0.478 e. The highest BCUT2D eigenvalue weighted by Gasteiger charge is 2.18. The van der Waals surface area contributed by atoms with Gasteiger partial charge in [0, 0.05) is 13.1 Å². The van der Waals surface area contributed by atoms with E-state index in [1.165, 1.54) is 19.3 Å². The Bertz CT molecular complexity index is 550. The number of ether oxygens (including phenoxy) is 1. The Morgan fingerprint density at radius 3 is 2.33 bits per heavy atom. The van der Waals surface area contributed by atoms with E-state index < -0.39 is 0 Å². The van der Waals surface area contributed by atoms with E-state index in [9.17, 15) is 0 Å². The first-order valence-electron chi connectivity index (χ1n) is 6.44. The Morgan fingerprint density at radius 1 is 1.00 bits per heavy atom. The van der Waals surface area contributed by atoms with Crippen molar-refractivity contribution in [2.45, 2.75) is 19.3 Å². The van der Waals surface area contributed by atoms with E-state index in [4.69, 9.17) is 9.72 Å². The van der Waals surface area contributed by atoms with E-state index in [-0.39, 0.29) is 0 Å². The van der Waals surface area contributed by atoms with Gasteiger partial charge in [0.1, 0.15) is 0 Å². The van der Waals surface area contributed by atoms with Crippen molar-refractivity contribution in [3.8, 4) is 5.88 Å². The maximum atomic E-state index is 5.39. The zero-order chi connectivity index (χ0) is 12.4. The van der Waals surface area contributed by atoms with Gasteiger partial charge in [-0.05, 0) is 31.4 Å². The molecule has 0 bridgehead atoms. The summed E-state index contributed by atoms with van der Waals surface area (Å²) in [4.78, 5) is 11.5. The molecule has 94 valence electrons. The molecule has 4 heteroatoms. The topological polar surface area (TPSA) is 38.3 Å². The molecule has 0 unspecified atom stereocenters. The summed E-state index contributed by atoms with van der Waals surface area (Å²) in [6, 6.07) is 7.92. The smallest absolute Gasteiger partial charge is 0.257 e. The molecular formula is C14H17N3O. The Kier molecular flexibility index (Phi) is 3.00. The molecule has 0 radical (unpaired) electrons. The van der Waals surface area contributed by atoms with E-state index in [1.54, 1.807) is 7.11 Å². The zero-order valence-corrected chi connectivity index (χ0v) is 10.6. The van der Waals surface area contributed by atoms with Gasteiger partial charge in [-0.1, -0.05) is 12.1 Å². The maximum Gasteiger partial charge on any atom is 0.257 e. The molecule has 2 heterocycles. The summed E-state index contributed by atoms with van der Waals surface area (Å²) in [5.41, 5.74) is 1.81. The highest BCUT2D eigenvalue weighted by molar-refractivity contribution is 5.77. The average molecular weight is 243 g/mol. The fraction of sp³-hybridized carbons (Fsp3) is 0.429. The first kappa shape index (κ1) is 11.3. The van der Waals surface area contributed by atoms with E-state index in [0.717, 1.165) is 29.9 Å². The molecule has 0 aliphatic carbocycles. The minimum absolute atomic E-state index is 0.635. The summed E-state index contributed by atoms with van der Waals surface area (Å²) in [5, 5.41) is 0. The third kappa shape index (κ3) is 1.98. The Labute approximate surface area is 107 Å². The Morgan fingerprint density at radius 2 is 1.67 bits per heavy atom. The minimum atomic E-state index is 0.635. The lowest BCUT2D eigenvalue weighted by atomic mass is 10.1. The van der Waals surface area contributed by atoms with Crippen LogP contribution in [0.25, 0.3) is 11.0 Å². The zero-order valence-electron chi connectivity index (χ0n) is 10.6. The van der Waals surface area contributed by atoms with Crippen LogP contribution in [0.4, 0.5) is 5.82 Å². The van der Waals surface area contributed by atoms with Crippen LogP contribution < -0.4 is 9.64 Å². The van der Waals surface area contributed by atoms with E-state index in [1.807, 2.05) is 24.3 Å². The van der Waals surface area contributed by atoms with E-state index in [2.05, 4.69) is 9.88 Å². The number of aromatic nitrogens is 2. The van der Waals surface area contributed by atoms with Crippen molar-refractivity contribution in [1.29, 1.82) is 0 Å². The number of methoxy groups -OCH3 is 1. The number of anilines is 1. The molecule has 1 fully saturated rings. The molecule has 1 aromatic heterocycles. The number of hydrogen-bond acceptors (Lipinski definition) is 4. The van der Waals surface area contributed by atoms with Crippen LogP contribution in [-0.4, -0.2) is 30.2 Å². The normalized spacial score (nSPS) is 15.9. The second-order valence-corrected chi connectivity index (χ2v) is 4.59. The van der Waals surface area contributed by atoms with Crippen LogP contribution in [0.15, 0.2) is 24.3 Å². The van der Waals surface area contributed by atoms with Gasteiger partial charge in [0.2, 0.25) is 0 Å². The van der Waals surface area contributed by atoms with Crippen LogP contribution in [0, 0.1) is 0 Å². The highest BCUT2D eigenvalue weighted by Crippen LogP contribution is 2.28. The SMILES string of the molecule is COc1nc2ccccc2nc1N1CCCCC1. The van der Waals surface area contributed by atoms with Crippen molar-refractivity contribution in [2.75, 3.05) is 25.1 Å². The van der Waals surface area contributed by atoms with Gasteiger partial charge in [0.15, 0.2) is 5.82 Å². The lowest BCUT2D eigenvalue weighted by molar-refractivity contribution is 0.395. The summed E-state index contributed by atoms with van der Waals surface area (Å²) < 4.78 is 5.39. The predicted octanol–water partition coefficient (Wildman–Crippen LogP) is 2.63. The third-order valence-electron chi connectivity index (χ3n) is 3.37. The maximum absolute atomic E-state index is 5.39. The van der Waals surface area contributed by atoms with Gasteiger partial charge in [-0.3, -0.25) is 0 Å². The number of rotatable bonds is 2. The number of hydrogen-bond donors (Lipinski definition) is 0. The molecule has 1 aliphatic heterocycles. The van der Waals surface area contributed by atoms with Gasteiger partial charge >= 0.3 is 0 Å². The van der Waals surface area contributed by atoms with Crippen molar-refractivity contribution in [1.82, 2.24) is 9.97 Å². The number of para-hydroxylation sites is 2. The monoisotopic (exact) mass is 243 g/mol. The van der Waals surface area contributed by atoms with Gasteiger partial charge in [0.25, 0.3) is 5.88 Å². The molecule has 0 N–H and O–H groups in total. The van der Waals surface area contributed by atoms with E-state index >= 15 is 0 Å². The predicted molar refractivity (Wildman–Crippen MR) is 72.2 cm³/mol. The Balaban J connectivity index is 2.08. The number of nitrogens with zero attached hydrogens (tertiary/aromatic N) is 3. The molecule has 18 heavy (non-hydrogen) atoms. The van der Waals surface area contributed by atoms with Gasteiger partial charge in [-0.2, -0.15) is 0 Å². The summed E-state index contributed by atoms with van der Waals surface area (Å²) in [7, 11) is 1.66. The first-order chi connectivity index (χ1) is 8.88. The molecule has 0 atom stereocenters. The largest absolute Gasteiger partial charge is 0.478 e. The lowest BCUT2D eigenvalue weighted by Gasteiger charge is -2.28. The molecular weight excluding hydrogens is 226 g/mol. The van der Waals surface area contributed by atoms with Crippen LogP contribution in [0.3, 0.4) is 0 Å². The third-order valence-corrected chi connectivity index (χ3v) is 3.37. The molecule has 1 aromatic carbocycles. The standard InChI is InChI=1S/C14H17N3O/c1-18-14-13(17-9-5-2-6-10-17)15-11-7-3-4-8-12(11)16-14/h3-4,7-8H,2,5-6,9-10H2,1H3. The quantitative estimate of drug-likeness (QED) is 0.812. The molecule has 0 spiro atoms. The molecule has 1 aliphatic rings. The van der Waals surface area contributed by atoms with Crippen LogP contribution in [-0.2, 0) is 0 Å². The number of fused-ring (bicyclic) bond motifs is 1. The average Bonchev–Trinajstić information content (AvgIpc) is 2.46. The fourth-order valence-electron chi connectivity index (χ4n) is 2.42. The second kappa shape index (κ2) is 4.80. The van der Waals surface area contributed by atoms with Gasteiger partial charge in [-0.25, -0.2) is 9.97 Å². The second-order valence-electron chi connectivity index (χ2n) is 4.59. The molecule has 0 saturated carbocycles. The van der Waals surface area contributed by atoms with Crippen LogP contribution in [0.5, 0.6) is 5.88 Å². The van der Waals surface area contributed by atoms with Crippen molar-refractivity contribution in [2.24, 2.45) is 0 Å². The summed E-state index contributed by atoms with van der Waals surface area (Å²) in [6.07, 6.45) is 3.75. The summed E-state index contributed by atoms with van der Waals surface area (Å²) >= 11 is 0. The van der Waals surface area contributed by atoms with Crippen molar-refractivity contribution in [3.05, 3.63) is 24.3 Å². The van der Waals surface area contributed by atoms with Crippen molar-refractivity contribution < 1.29 is 4.74 Å². The van der Waals surface area contributed by atoms with Crippen LogP contribution in [0.2, 0.25) is 0 Å². The van der Waals surface area contributed by atoms with Gasteiger partial charge < -0.3 is 9.64 Å². The summed E-state index contributed by atoms with van der Waals surface area (Å²) in [5.74, 6) is 1.52. The molecule has 2 aromatic rings. The summed E-state index contributed by atoms with van der Waals surface area (Å²) in [6.45, 7) is 2.09. The number of benzene rings is 1. The van der Waals surface area contributed by atoms with Gasteiger partial charge in [-0.15, -0.1) is 0 Å². The first-order valence-corrected chi connectivity index (χ1v) is 6.44. The fourth-order valence-corrected chi connectivity index (χ4v) is 2.42. The molecule has 3 rings (SSSR count). The molecule has 4 nitrogen and oxygen atoms in total. The van der Waals surface area contributed by atoms with E-state index in [0.29, 0.717) is 5.88 Å². The van der Waals surface area contributed by atoms with Crippen molar-refractivity contribution >= 4 is 16.9 Å².